The Hall–Kier alpha value is -0.930. The van der Waals surface area contributed by atoms with E-state index in [1.54, 1.807) is 0 Å². The monoisotopic (exact) mass is 273 g/mol. The molecule has 0 aliphatic heterocycles. The summed E-state index contributed by atoms with van der Waals surface area (Å²) >= 11 is -0.375. The van der Waals surface area contributed by atoms with Gasteiger partial charge in [0.25, 0.3) is 0 Å². The van der Waals surface area contributed by atoms with Crippen molar-refractivity contribution in [2.75, 3.05) is 0 Å². The summed E-state index contributed by atoms with van der Waals surface area (Å²) in [6, 6.07) is 4.52. The number of nitrogens with two attached hydrogens (primary N) is 1. The SMILES string of the molecule is NS(=O)(=O)Oc1cccc(SC(F)(F)F)c1. The third-order valence-corrected chi connectivity index (χ3v) is 2.40. The molecule has 16 heavy (non-hydrogen) atoms. The Morgan fingerprint density at radius 3 is 2.44 bits per heavy atom. The summed E-state index contributed by atoms with van der Waals surface area (Å²) in [5.74, 6) is -0.267. The number of hydrogen-bond donors (Lipinski definition) is 1. The van der Waals surface area contributed by atoms with Gasteiger partial charge in [-0.2, -0.15) is 26.7 Å². The highest BCUT2D eigenvalue weighted by molar-refractivity contribution is 8.00. The summed E-state index contributed by atoms with van der Waals surface area (Å²) in [7, 11) is -4.23. The molecule has 0 saturated heterocycles. The van der Waals surface area contributed by atoms with E-state index < -0.39 is 15.8 Å². The first kappa shape index (κ1) is 13.1. The Balaban J connectivity index is 2.88. The maximum absolute atomic E-state index is 12.0. The van der Waals surface area contributed by atoms with E-state index in [0.29, 0.717) is 0 Å². The van der Waals surface area contributed by atoms with Crippen molar-refractivity contribution >= 4 is 22.1 Å². The van der Waals surface area contributed by atoms with Crippen molar-refractivity contribution in [2.45, 2.75) is 10.4 Å². The number of rotatable bonds is 3. The fourth-order valence-electron chi connectivity index (χ4n) is 0.857. The van der Waals surface area contributed by atoms with Crippen LogP contribution in [0.15, 0.2) is 29.2 Å². The second-order valence-corrected chi connectivity index (χ2v) is 4.89. The van der Waals surface area contributed by atoms with Crippen molar-refractivity contribution in [3.8, 4) is 5.75 Å². The lowest BCUT2D eigenvalue weighted by Gasteiger charge is -2.07. The molecule has 0 aromatic heterocycles. The van der Waals surface area contributed by atoms with Crippen LogP contribution in [0.25, 0.3) is 0 Å². The van der Waals surface area contributed by atoms with Crippen LogP contribution in [-0.2, 0) is 10.3 Å². The molecular formula is C7H6F3NO3S2. The van der Waals surface area contributed by atoms with Crippen LogP contribution in [0.2, 0.25) is 0 Å². The highest BCUT2D eigenvalue weighted by atomic mass is 32.2. The molecule has 0 amide bonds. The van der Waals surface area contributed by atoms with Gasteiger partial charge in [-0.1, -0.05) is 6.07 Å². The smallest absolute Gasteiger partial charge is 0.371 e. The van der Waals surface area contributed by atoms with Gasteiger partial charge in [-0.05, 0) is 30.0 Å². The van der Waals surface area contributed by atoms with Crippen LogP contribution in [0.5, 0.6) is 5.75 Å². The van der Waals surface area contributed by atoms with Crippen molar-refractivity contribution < 1.29 is 25.8 Å². The lowest BCUT2D eigenvalue weighted by atomic mass is 10.3. The van der Waals surface area contributed by atoms with Gasteiger partial charge in [-0.15, -0.1) is 0 Å². The third-order valence-electron chi connectivity index (χ3n) is 1.25. The zero-order valence-corrected chi connectivity index (χ0v) is 9.19. The highest BCUT2D eigenvalue weighted by Crippen LogP contribution is 2.37. The maximum Gasteiger partial charge on any atom is 0.446 e. The first-order valence-electron chi connectivity index (χ1n) is 3.74. The van der Waals surface area contributed by atoms with Gasteiger partial charge in [-0.25, -0.2) is 0 Å². The Bertz CT molecular complexity index is 472. The molecule has 0 bridgehead atoms. The molecule has 0 spiro atoms. The van der Waals surface area contributed by atoms with Crippen molar-refractivity contribution in [3.05, 3.63) is 24.3 Å². The zero-order chi connectivity index (χ0) is 12.4. The van der Waals surface area contributed by atoms with Gasteiger partial charge < -0.3 is 4.18 Å². The highest BCUT2D eigenvalue weighted by Gasteiger charge is 2.29. The molecule has 0 aliphatic carbocycles. The van der Waals surface area contributed by atoms with Gasteiger partial charge >= 0.3 is 15.8 Å². The Labute approximate surface area is 93.8 Å². The summed E-state index contributed by atoms with van der Waals surface area (Å²) in [6.07, 6.45) is 0. The second-order valence-electron chi connectivity index (χ2n) is 2.60. The molecule has 0 fully saturated rings. The van der Waals surface area contributed by atoms with Gasteiger partial charge in [0, 0.05) is 4.90 Å². The van der Waals surface area contributed by atoms with E-state index in [-0.39, 0.29) is 22.4 Å². The molecule has 9 heteroatoms. The van der Waals surface area contributed by atoms with Gasteiger partial charge in [0.15, 0.2) is 0 Å². The molecule has 4 nitrogen and oxygen atoms in total. The second kappa shape index (κ2) is 4.52. The average Bonchev–Trinajstić information content (AvgIpc) is 1.96. The minimum atomic E-state index is -4.44. The normalized spacial score (nSPS) is 12.5. The summed E-state index contributed by atoms with van der Waals surface area (Å²) in [4.78, 5) is -0.186. The fraction of sp³-hybridized carbons (Fsp3) is 0.143. The Kier molecular flexibility index (Phi) is 3.71. The van der Waals surface area contributed by atoms with Gasteiger partial charge in [0.1, 0.15) is 5.75 Å². The molecular weight excluding hydrogens is 267 g/mol. The number of alkyl halides is 3. The van der Waals surface area contributed by atoms with E-state index in [1.165, 1.54) is 18.2 Å². The first-order chi connectivity index (χ1) is 7.16. The van der Waals surface area contributed by atoms with E-state index in [2.05, 4.69) is 9.32 Å². The van der Waals surface area contributed by atoms with Crippen LogP contribution < -0.4 is 9.32 Å². The summed E-state index contributed by atoms with van der Waals surface area (Å²) in [5, 5.41) is 4.57. The molecule has 1 rings (SSSR count). The molecule has 90 valence electrons. The Morgan fingerprint density at radius 2 is 1.94 bits per heavy atom. The standard InChI is InChI=1S/C7H6F3NO3S2/c8-7(9,10)15-6-3-1-2-5(4-6)14-16(11,12)13/h1-4H,(H2,11,12,13). The molecule has 0 heterocycles. The maximum atomic E-state index is 12.0. The predicted octanol–water partition coefficient (Wildman–Crippen LogP) is 1.88. The van der Waals surface area contributed by atoms with Crippen LogP contribution in [0.4, 0.5) is 13.2 Å². The lowest BCUT2D eigenvalue weighted by Crippen LogP contribution is -2.18. The van der Waals surface area contributed by atoms with Gasteiger partial charge in [-0.3, -0.25) is 0 Å². The van der Waals surface area contributed by atoms with E-state index in [4.69, 9.17) is 0 Å². The average molecular weight is 273 g/mol. The molecule has 0 aliphatic rings. The first-order valence-corrected chi connectivity index (χ1v) is 6.02. The topological polar surface area (TPSA) is 69.4 Å². The van der Waals surface area contributed by atoms with Crippen molar-refractivity contribution in [3.63, 3.8) is 0 Å². The van der Waals surface area contributed by atoms with Crippen molar-refractivity contribution in [1.82, 2.24) is 0 Å². The zero-order valence-electron chi connectivity index (χ0n) is 7.56. The molecule has 0 radical (unpaired) electrons. The van der Waals surface area contributed by atoms with Crippen LogP contribution in [0.1, 0.15) is 0 Å². The number of benzene rings is 1. The van der Waals surface area contributed by atoms with Gasteiger partial charge in [0.05, 0.1) is 0 Å². The Morgan fingerprint density at radius 1 is 1.31 bits per heavy atom. The minimum absolute atomic E-state index is 0.186. The minimum Gasteiger partial charge on any atom is -0.371 e. The summed E-state index contributed by atoms with van der Waals surface area (Å²) in [6.45, 7) is 0. The molecule has 2 N–H and O–H groups in total. The van der Waals surface area contributed by atoms with Crippen LogP contribution in [0, 0.1) is 0 Å². The molecule has 1 aromatic rings. The van der Waals surface area contributed by atoms with Crippen LogP contribution in [-0.4, -0.2) is 13.9 Å². The van der Waals surface area contributed by atoms with Crippen molar-refractivity contribution in [2.24, 2.45) is 5.14 Å². The van der Waals surface area contributed by atoms with Crippen LogP contribution in [0.3, 0.4) is 0 Å². The quantitative estimate of drug-likeness (QED) is 0.854. The predicted molar refractivity (Wildman–Crippen MR) is 52.1 cm³/mol. The van der Waals surface area contributed by atoms with Gasteiger partial charge in [0.2, 0.25) is 0 Å². The molecule has 0 atom stereocenters. The molecule has 0 saturated carbocycles. The molecule has 1 aromatic carbocycles. The van der Waals surface area contributed by atoms with Crippen LogP contribution >= 0.6 is 11.8 Å². The number of thioether (sulfide) groups is 1. The van der Waals surface area contributed by atoms with E-state index in [1.807, 2.05) is 0 Å². The lowest BCUT2D eigenvalue weighted by molar-refractivity contribution is -0.0328. The molecule has 0 unspecified atom stereocenters. The van der Waals surface area contributed by atoms with E-state index in [0.717, 1.165) is 6.07 Å². The van der Waals surface area contributed by atoms with E-state index in [9.17, 15) is 21.6 Å². The summed E-state index contributed by atoms with van der Waals surface area (Å²) < 4.78 is 61.2. The van der Waals surface area contributed by atoms with E-state index >= 15 is 0 Å². The number of hydrogen-bond acceptors (Lipinski definition) is 4. The fourth-order valence-corrected chi connectivity index (χ4v) is 1.82. The van der Waals surface area contributed by atoms with Crippen molar-refractivity contribution in [1.29, 1.82) is 0 Å². The number of halogens is 3. The summed E-state index contributed by atoms with van der Waals surface area (Å²) in [5.41, 5.74) is -4.44. The largest absolute Gasteiger partial charge is 0.446 e. The third kappa shape index (κ3) is 5.24.